The Morgan fingerprint density at radius 2 is 2.18 bits per heavy atom. The molecule has 3 nitrogen and oxygen atoms in total. The fourth-order valence-electron chi connectivity index (χ4n) is 0.486. The van der Waals surface area contributed by atoms with Crippen LogP contribution in [0.4, 0.5) is 4.79 Å². The van der Waals surface area contributed by atoms with Crippen molar-refractivity contribution in [1.82, 2.24) is 0 Å². The Bertz CT molecular complexity index is 196. The average molecular weight is 174 g/mol. The smallest absolute Gasteiger partial charge is 0.325 e. The van der Waals surface area contributed by atoms with Gasteiger partial charge in [-0.15, -0.1) is 0 Å². The highest BCUT2D eigenvalue weighted by molar-refractivity contribution is 7.39. The molecular formula is C7H11O3P. The second kappa shape index (κ2) is 4.91. The maximum absolute atomic E-state index is 10.4. The van der Waals surface area contributed by atoms with Gasteiger partial charge in [-0.2, -0.15) is 0 Å². The minimum atomic E-state index is -0.462. The molecule has 0 fully saturated rings. The molecular weight excluding hydrogens is 163 g/mol. The molecule has 0 radical (unpaired) electrons. The highest BCUT2D eigenvalue weighted by Gasteiger charge is 2.04. The van der Waals surface area contributed by atoms with Gasteiger partial charge in [0.2, 0.25) is 0 Å². The summed E-state index contributed by atoms with van der Waals surface area (Å²) in [7, 11) is 3.36. The summed E-state index contributed by atoms with van der Waals surface area (Å²) in [6.07, 6.45) is 1.60. The van der Waals surface area contributed by atoms with Gasteiger partial charge in [0.05, 0.1) is 7.11 Å². The molecule has 0 rings (SSSR count). The Labute approximate surface area is 68.3 Å². The highest BCUT2D eigenvalue weighted by atomic mass is 31.0. The fourth-order valence-corrected chi connectivity index (χ4v) is 0.613. The van der Waals surface area contributed by atoms with E-state index in [1.54, 1.807) is 13.0 Å². The maximum Gasteiger partial charge on any atom is 0.325 e. The molecule has 0 N–H and O–H groups in total. The molecule has 0 saturated carbocycles. The molecule has 0 aromatic rings. The zero-order chi connectivity index (χ0) is 8.85. The summed E-state index contributed by atoms with van der Waals surface area (Å²) in [6, 6.07) is 0. The third-order valence-electron chi connectivity index (χ3n) is 0.994. The zero-order valence-corrected chi connectivity index (χ0v) is 7.74. The van der Waals surface area contributed by atoms with Gasteiger partial charge in [-0.05, 0) is 22.2 Å². The van der Waals surface area contributed by atoms with Gasteiger partial charge >= 0.3 is 5.71 Å². The summed E-state index contributed by atoms with van der Waals surface area (Å²) in [4.78, 5) is 10.4. The van der Waals surface area contributed by atoms with Crippen molar-refractivity contribution in [3.05, 3.63) is 24.2 Å². The van der Waals surface area contributed by atoms with Crippen molar-refractivity contribution in [3.63, 3.8) is 0 Å². The summed E-state index contributed by atoms with van der Waals surface area (Å²) in [5.41, 5.74) is -0.462. The Balaban J connectivity index is 4.20. The first kappa shape index (κ1) is 10.2. The molecule has 1 unspecified atom stereocenters. The molecule has 0 aliphatic rings. The number of carbonyl (C=O) groups is 1. The normalized spacial score (nSPS) is 10.6. The van der Waals surface area contributed by atoms with Crippen LogP contribution in [0.1, 0.15) is 6.92 Å². The van der Waals surface area contributed by atoms with Gasteiger partial charge in [0.1, 0.15) is 0 Å². The van der Waals surface area contributed by atoms with Gasteiger partial charge in [0, 0.05) is 0 Å². The minimum Gasteiger partial charge on any atom is -0.493 e. The Morgan fingerprint density at radius 1 is 1.64 bits per heavy atom. The van der Waals surface area contributed by atoms with Gasteiger partial charge in [-0.25, -0.2) is 4.79 Å². The van der Waals surface area contributed by atoms with Crippen LogP contribution >= 0.6 is 9.24 Å². The fraction of sp³-hybridized carbons (Fsp3) is 0.286. The highest BCUT2D eigenvalue weighted by Crippen LogP contribution is 2.11. The first-order valence-electron chi connectivity index (χ1n) is 2.98. The topological polar surface area (TPSA) is 35.5 Å². The predicted octanol–water partition coefficient (Wildman–Crippen LogP) is 2.06. The van der Waals surface area contributed by atoms with Crippen LogP contribution in [-0.4, -0.2) is 12.8 Å². The molecule has 0 heterocycles. The summed E-state index contributed by atoms with van der Waals surface area (Å²) in [6.45, 7) is 5.25. The van der Waals surface area contributed by atoms with Gasteiger partial charge < -0.3 is 9.47 Å². The van der Waals surface area contributed by atoms with E-state index in [2.05, 4.69) is 6.58 Å². The molecule has 0 aromatic carbocycles. The third kappa shape index (κ3) is 3.79. The lowest BCUT2D eigenvalue weighted by molar-refractivity contribution is 0.190. The number of methoxy groups -OCH3 is 1. The van der Waals surface area contributed by atoms with Crippen molar-refractivity contribution in [2.45, 2.75) is 6.92 Å². The molecule has 0 aliphatic heterocycles. The molecule has 0 saturated heterocycles. The summed E-state index contributed by atoms with van der Waals surface area (Å²) >= 11 is 0. The number of carbonyl (C=O) groups excluding carboxylic acids is 1. The molecule has 11 heavy (non-hydrogen) atoms. The van der Waals surface area contributed by atoms with Gasteiger partial charge in [0.25, 0.3) is 0 Å². The van der Waals surface area contributed by atoms with Crippen LogP contribution in [0.15, 0.2) is 24.2 Å². The molecule has 4 heteroatoms. The van der Waals surface area contributed by atoms with E-state index in [1.807, 2.05) is 9.24 Å². The molecule has 0 aliphatic carbocycles. The number of allylic oxidation sites excluding steroid dienone is 1. The van der Waals surface area contributed by atoms with E-state index in [4.69, 9.17) is 9.47 Å². The second-order valence-corrected chi connectivity index (χ2v) is 2.17. The van der Waals surface area contributed by atoms with Crippen LogP contribution in [0.2, 0.25) is 0 Å². The quantitative estimate of drug-likeness (QED) is 0.373. The number of rotatable bonds is 3. The first-order valence-corrected chi connectivity index (χ1v) is 3.56. The minimum absolute atomic E-state index is 0.336. The zero-order valence-electron chi connectivity index (χ0n) is 6.59. The lowest BCUT2D eigenvalue weighted by Gasteiger charge is -2.06. The van der Waals surface area contributed by atoms with Crippen molar-refractivity contribution in [1.29, 1.82) is 0 Å². The summed E-state index contributed by atoms with van der Waals surface area (Å²) in [5, 5.41) is 0. The SMILES string of the molecule is C=C(OC)C(=CC)OC(=O)P. The van der Waals surface area contributed by atoms with Gasteiger partial charge in [0.15, 0.2) is 11.5 Å². The first-order chi connectivity index (χ1) is 5.11. The average Bonchev–Trinajstić information content (AvgIpc) is 1.98. The van der Waals surface area contributed by atoms with E-state index >= 15 is 0 Å². The number of hydrogen-bond donors (Lipinski definition) is 0. The van der Waals surface area contributed by atoms with Crippen LogP contribution in [-0.2, 0) is 9.47 Å². The molecule has 0 spiro atoms. The van der Waals surface area contributed by atoms with Crippen LogP contribution in [0.25, 0.3) is 0 Å². The summed E-state index contributed by atoms with van der Waals surface area (Å²) < 4.78 is 9.47. The Kier molecular flexibility index (Phi) is 4.55. The van der Waals surface area contributed by atoms with E-state index in [1.165, 1.54) is 7.11 Å². The molecule has 0 amide bonds. The number of ether oxygens (including phenoxy) is 2. The monoisotopic (exact) mass is 174 g/mol. The van der Waals surface area contributed by atoms with Crippen molar-refractivity contribution < 1.29 is 14.3 Å². The molecule has 1 atom stereocenters. The van der Waals surface area contributed by atoms with Crippen LogP contribution in [0.3, 0.4) is 0 Å². The standard InChI is InChI=1S/C7H11O3P/c1-4-6(5(2)9-3)10-7(8)11/h4H,2,11H2,1,3H3. The third-order valence-corrected chi connectivity index (χ3v) is 1.11. The van der Waals surface area contributed by atoms with Crippen LogP contribution < -0.4 is 0 Å². The van der Waals surface area contributed by atoms with E-state index in [-0.39, 0.29) is 0 Å². The van der Waals surface area contributed by atoms with Crippen molar-refractivity contribution in [2.75, 3.05) is 7.11 Å². The van der Waals surface area contributed by atoms with E-state index in [0.717, 1.165) is 0 Å². The Hall–Kier alpha value is -0.820. The largest absolute Gasteiger partial charge is 0.493 e. The van der Waals surface area contributed by atoms with E-state index < -0.39 is 5.71 Å². The lowest BCUT2D eigenvalue weighted by atomic mass is 10.4. The molecule has 0 aromatic heterocycles. The molecule has 0 bridgehead atoms. The van der Waals surface area contributed by atoms with Crippen LogP contribution in [0.5, 0.6) is 0 Å². The maximum atomic E-state index is 10.4. The van der Waals surface area contributed by atoms with Gasteiger partial charge in [-0.3, -0.25) is 0 Å². The second-order valence-electron chi connectivity index (χ2n) is 1.70. The number of hydrogen-bond acceptors (Lipinski definition) is 3. The molecule has 62 valence electrons. The van der Waals surface area contributed by atoms with Crippen LogP contribution in [0, 0.1) is 0 Å². The lowest BCUT2D eigenvalue weighted by Crippen LogP contribution is -1.98. The van der Waals surface area contributed by atoms with Crippen molar-refractivity contribution in [3.8, 4) is 0 Å². The predicted molar refractivity (Wildman–Crippen MR) is 46.1 cm³/mol. The van der Waals surface area contributed by atoms with Crippen molar-refractivity contribution >= 4 is 15.0 Å². The Morgan fingerprint density at radius 3 is 2.45 bits per heavy atom. The van der Waals surface area contributed by atoms with Crippen molar-refractivity contribution in [2.24, 2.45) is 0 Å². The van der Waals surface area contributed by atoms with E-state index in [9.17, 15) is 4.79 Å². The summed E-state index contributed by atoms with van der Waals surface area (Å²) in [5.74, 6) is 0.677. The van der Waals surface area contributed by atoms with E-state index in [0.29, 0.717) is 11.5 Å². The van der Waals surface area contributed by atoms with Gasteiger partial charge in [-0.1, -0.05) is 6.58 Å².